The van der Waals surface area contributed by atoms with Gasteiger partial charge in [-0.25, -0.2) is 9.59 Å². The Labute approximate surface area is 197 Å². The minimum atomic E-state index is -0.975. The number of ether oxygens (including phenoxy) is 1. The highest BCUT2D eigenvalue weighted by Gasteiger charge is 2.34. The lowest BCUT2D eigenvalue weighted by atomic mass is 9.98. The number of rotatable bonds is 8. The van der Waals surface area contributed by atoms with E-state index in [1.54, 1.807) is 0 Å². The van der Waals surface area contributed by atoms with E-state index in [1.165, 1.54) is 27.8 Å². The molecule has 2 aliphatic rings. The summed E-state index contributed by atoms with van der Waals surface area (Å²) >= 11 is 1.44. The molecule has 2 aromatic rings. The number of carboxylic acid groups (broad SMARTS) is 1. The number of nitrogens with zero attached hydrogens (tertiary/aromatic N) is 1. The van der Waals surface area contributed by atoms with Crippen LogP contribution in [-0.2, 0) is 14.3 Å². The molecule has 0 radical (unpaired) electrons. The molecule has 1 aliphatic heterocycles. The van der Waals surface area contributed by atoms with Crippen LogP contribution in [0.25, 0.3) is 11.1 Å². The number of carbonyl (C=O) groups is 3. The van der Waals surface area contributed by atoms with Crippen LogP contribution in [0.1, 0.15) is 43.2 Å². The number of benzene rings is 2. The zero-order valence-corrected chi connectivity index (χ0v) is 19.3. The SMILES string of the molecule is CCC(CCC(=O)N1CSCC1C(=O)O)NC(=O)OCC1c2ccccc2-c2ccccc21. The molecule has 0 spiro atoms. The molecule has 1 fully saturated rings. The first-order valence-corrected chi connectivity index (χ1v) is 12.4. The molecule has 2 N–H and O–H groups in total. The van der Waals surface area contributed by atoms with E-state index in [9.17, 15) is 19.5 Å². The Bertz CT molecular complexity index is 997. The van der Waals surface area contributed by atoms with Gasteiger partial charge in [0.05, 0.1) is 5.88 Å². The lowest BCUT2D eigenvalue weighted by Gasteiger charge is -2.22. The first-order chi connectivity index (χ1) is 16.0. The van der Waals surface area contributed by atoms with Crippen LogP contribution in [0.5, 0.6) is 0 Å². The minimum Gasteiger partial charge on any atom is -0.480 e. The molecular formula is C25H28N2O5S. The molecule has 1 aliphatic carbocycles. The van der Waals surface area contributed by atoms with Crippen molar-refractivity contribution in [2.45, 2.75) is 44.2 Å². The van der Waals surface area contributed by atoms with E-state index >= 15 is 0 Å². The third-order valence-electron chi connectivity index (χ3n) is 6.35. The normalized spacial score (nSPS) is 17.8. The van der Waals surface area contributed by atoms with Gasteiger partial charge in [-0.3, -0.25) is 4.79 Å². The zero-order valence-electron chi connectivity index (χ0n) is 18.5. The average molecular weight is 469 g/mol. The van der Waals surface area contributed by atoms with Crippen molar-refractivity contribution in [1.29, 1.82) is 0 Å². The average Bonchev–Trinajstić information content (AvgIpc) is 3.44. The summed E-state index contributed by atoms with van der Waals surface area (Å²) in [7, 11) is 0. The number of hydrogen-bond donors (Lipinski definition) is 2. The second-order valence-corrected chi connectivity index (χ2v) is 9.33. The third-order valence-corrected chi connectivity index (χ3v) is 7.37. The highest BCUT2D eigenvalue weighted by atomic mass is 32.2. The van der Waals surface area contributed by atoms with E-state index in [-0.39, 0.29) is 30.9 Å². The topological polar surface area (TPSA) is 95.9 Å². The van der Waals surface area contributed by atoms with Gasteiger partial charge in [0.2, 0.25) is 5.91 Å². The van der Waals surface area contributed by atoms with Crippen LogP contribution in [0.3, 0.4) is 0 Å². The van der Waals surface area contributed by atoms with Gasteiger partial charge in [0, 0.05) is 24.1 Å². The van der Waals surface area contributed by atoms with Crippen LogP contribution >= 0.6 is 11.8 Å². The van der Waals surface area contributed by atoms with Gasteiger partial charge in [0.15, 0.2) is 0 Å². The summed E-state index contributed by atoms with van der Waals surface area (Å²) in [6, 6.07) is 15.4. The largest absolute Gasteiger partial charge is 0.480 e. The van der Waals surface area contributed by atoms with E-state index in [1.807, 2.05) is 31.2 Å². The molecule has 7 nitrogen and oxygen atoms in total. The lowest BCUT2D eigenvalue weighted by Crippen LogP contribution is -2.42. The molecule has 0 saturated carbocycles. The van der Waals surface area contributed by atoms with E-state index < -0.39 is 18.1 Å². The molecule has 2 unspecified atom stereocenters. The first kappa shape index (κ1) is 23.2. The van der Waals surface area contributed by atoms with Gasteiger partial charge in [0.25, 0.3) is 0 Å². The van der Waals surface area contributed by atoms with Crippen molar-refractivity contribution in [2.75, 3.05) is 18.2 Å². The van der Waals surface area contributed by atoms with Crippen molar-refractivity contribution in [3.63, 3.8) is 0 Å². The molecule has 4 rings (SSSR count). The number of nitrogens with one attached hydrogen (secondary N) is 1. The number of thioether (sulfide) groups is 1. The van der Waals surface area contributed by atoms with Crippen molar-refractivity contribution >= 4 is 29.7 Å². The zero-order chi connectivity index (χ0) is 23.4. The van der Waals surface area contributed by atoms with Crippen molar-refractivity contribution in [3.05, 3.63) is 59.7 Å². The number of amides is 2. The Morgan fingerprint density at radius 2 is 1.76 bits per heavy atom. The van der Waals surface area contributed by atoms with Crippen LogP contribution < -0.4 is 5.32 Å². The summed E-state index contributed by atoms with van der Waals surface area (Å²) in [4.78, 5) is 37.8. The van der Waals surface area contributed by atoms with Crippen LogP contribution in [0.4, 0.5) is 4.79 Å². The molecule has 2 amide bonds. The number of carboxylic acids is 1. The van der Waals surface area contributed by atoms with Crippen LogP contribution in [0.15, 0.2) is 48.5 Å². The Hall–Kier alpha value is -3.00. The number of fused-ring (bicyclic) bond motifs is 3. The second-order valence-electron chi connectivity index (χ2n) is 8.33. The predicted molar refractivity (Wildman–Crippen MR) is 127 cm³/mol. The lowest BCUT2D eigenvalue weighted by molar-refractivity contribution is -0.147. The smallest absolute Gasteiger partial charge is 0.407 e. The van der Waals surface area contributed by atoms with Crippen molar-refractivity contribution in [1.82, 2.24) is 10.2 Å². The Morgan fingerprint density at radius 3 is 2.36 bits per heavy atom. The standard InChI is InChI=1S/C25H28N2O5S/c1-2-16(11-12-23(28)27-15-33-14-22(27)24(29)30)26-25(31)32-13-21-19-9-5-3-7-17(19)18-8-4-6-10-20(18)21/h3-10,16,21-22H,2,11-15H2,1H3,(H,26,31)(H,29,30). The molecule has 1 heterocycles. The molecular weight excluding hydrogens is 440 g/mol. The molecule has 8 heteroatoms. The van der Waals surface area contributed by atoms with Crippen molar-refractivity contribution in [3.8, 4) is 11.1 Å². The molecule has 33 heavy (non-hydrogen) atoms. The van der Waals surface area contributed by atoms with Crippen molar-refractivity contribution in [2.24, 2.45) is 0 Å². The number of alkyl carbamates (subject to hydrolysis) is 1. The van der Waals surface area contributed by atoms with Crippen LogP contribution in [0, 0.1) is 0 Å². The summed E-state index contributed by atoms with van der Waals surface area (Å²) in [6.07, 6.45) is 0.769. The molecule has 0 aromatic heterocycles. The summed E-state index contributed by atoms with van der Waals surface area (Å²) in [5.41, 5.74) is 4.65. The Balaban J connectivity index is 1.30. The van der Waals surface area contributed by atoms with Gasteiger partial charge in [-0.2, -0.15) is 0 Å². The van der Waals surface area contributed by atoms with Gasteiger partial charge in [0.1, 0.15) is 12.6 Å². The van der Waals surface area contributed by atoms with E-state index in [0.29, 0.717) is 24.5 Å². The number of aliphatic carboxylic acids is 1. The quantitative estimate of drug-likeness (QED) is 0.606. The van der Waals surface area contributed by atoms with Crippen LogP contribution in [0.2, 0.25) is 0 Å². The fourth-order valence-corrected chi connectivity index (χ4v) is 5.69. The Kier molecular flexibility index (Phi) is 7.23. The highest BCUT2D eigenvalue weighted by molar-refractivity contribution is 7.99. The molecule has 2 aromatic carbocycles. The monoisotopic (exact) mass is 468 g/mol. The summed E-state index contributed by atoms with van der Waals surface area (Å²) < 4.78 is 5.60. The minimum absolute atomic E-state index is 0.00887. The summed E-state index contributed by atoms with van der Waals surface area (Å²) in [5, 5.41) is 12.1. The molecule has 174 valence electrons. The van der Waals surface area contributed by atoms with Gasteiger partial charge in [-0.1, -0.05) is 55.5 Å². The third kappa shape index (κ3) is 5.00. The molecule has 1 saturated heterocycles. The van der Waals surface area contributed by atoms with Gasteiger partial charge in [-0.15, -0.1) is 11.8 Å². The Morgan fingerprint density at radius 1 is 1.12 bits per heavy atom. The summed E-state index contributed by atoms with van der Waals surface area (Å²) in [6.45, 7) is 2.17. The number of hydrogen-bond acceptors (Lipinski definition) is 5. The fourth-order valence-electron chi connectivity index (χ4n) is 4.52. The van der Waals surface area contributed by atoms with E-state index in [4.69, 9.17) is 4.74 Å². The predicted octanol–water partition coefficient (Wildman–Crippen LogP) is 4.07. The molecule has 0 bridgehead atoms. The van der Waals surface area contributed by atoms with E-state index in [2.05, 4.69) is 29.6 Å². The number of carbonyl (C=O) groups excluding carboxylic acids is 2. The maximum Gasteiger partial charge on any atom is 0.407 e. The van der Waals surface area contributed by atoms with Crippen LogP contribution in [-0.4, -0.2) is 58.3 Å². The maximum atomic E-state index is 12.5. The van der Waals surface area contributed by atoms with E-state index in [0.717, 1.165) is 11.1 Å². The van der Waals surface area contributed by atoms with Gasteiger partial charge in [-0.05, 0) is 35.1 Å². The van der Waals surface area contributed by atoms with Crippen molar-refractivity contribution < 1.29 is 24.2 Å². The fraction of sp³-hybridized carbons (Fsp3) is 0.400. The second kappa shape index (κ2) is 10.3. The van der Waals surface area contributed by atoms with Gasteiger partial charge >= 0.3 is 12.1 Å². The first-order valence-electron chi connectivity index (χ1n) is 11.2. The van der Waals surface area contributed by atoms with Gasteiger partial charge < -0.3 is 20.1 Å². The highest BCUT2D eigenvalue weighted by Crippen LogP contribution is 2.44. The molecule has 2 atom stereocenters. The summed E-state index contributed by atoms with van der Waals surface area (Å²) in [5.74, 6) is -0.370. The maximum absolute atomic E-state index is 12.5.